The van der Waals surface area contributed by atoms with Gasteiger partial charge in [0, 0.05) is 12.1 Å². The summed E-state index contributed by atoms with van der Waals surface area (Å²) in [5.41, 5.74) is 2.94. The third-order valence-electron chi connectivity index (χ3n) is 2.84. The lowest BCUT2D eigenvalue weighted by Gasteiger charge is -2.17. The Labute approximate surface area is 127 Å². The first-order chi connectivity index (χ1) is 10.5. The smallest absolute Gasteiger partial charge is 0.417 e. The fourth-order valence-corrected chi connectivity index (χ4v) is 1.76. The zero-order valence-corrected chi connectivity index (χ0v) is 11.6. The molecule has 0 aromatic heterocycles. The van der Waals surface area contributed by atoms with Crippen LogP contribution in [0.3, 0.4) is 0 Å². The van der Waals surface area contributed by atoms with Crippen LogP contribution in [0.5, 0.6) is 0 Å². The second kappa shape index (κ2) is 6.99. The van der Waals surface area contributed by atoms with Crippen LogP contribution < -0.4 is 11.1 Å². The van der Waals surface area contributed by atoms with Crippen molar-refractivity contribution < 1.29 is 37.8 Å². The van der Waals surface area contributed by atoms with Crippen molar-refractivity contribution in [2.45, 2.75) is 25.1 Å². The molecule has 10 heteroatoms. The molecule has 1 aromatic rings. The van der Waals surface area contributed by atoms with E-state index in [1.165, 1.54) is 0 Å². The van der Waals surface area contributed by atoms with E-state index in [2.05, 4.69) is 0 Å². The van der Waals surface area contributed by atoms with Crippen LogP contribution in [0.2, 0.25) is 0 Å². The lowest BCUT2D eigenvalue weighted by atomic mass is 10.0. The maximum Gasteiger partial charge on any atom is 0.417 e. The molecule has 0 fully saturated rings. The van der Waals surface area contributed by atoms with Gasteiger partial charge in [-0.2, -0.15) is 13.2 Å². The minimum atomic E-state index is -4.86. The van der Waals surface area contributed by atoms with Gasteiger partial charge in [0.25, 0.3) is 5.91 Å². The maximum atomic E-state index is 12.9. The fourth-order valence-electron chi connectivity index (χ4n) is 1.76. The highest BCUT2D eigenvalue weighted by Crippen LogP contribution is 2.33. The molecule has 0 aliphatic heterocycles. The number of rotatable bonds is 6. The molecule has 126 valence electrons. The summed E-state index contributed by atoms with van der Waals surface area (Å²) in [5, 5.41) is 19.3. The summed E-state index contributed by atoms with van der Waals surface area (Å²) in [6.07, 6.45) is -5.89. The van der Waals surface area contributed by atoms with E-state index in [9.17, 15) is 27.6 Å². The monoisotopic (exact) mass is 334 g/mol. The molecule has 0 heterocycles. The summed E-state index contributed by atoms with van der Waals surface area (Å²) in [5.74, 6) is -4.13. The number of anilines is 1. The number of hydrogen-bond acceptors (Lipinski definition) is 4. The molecule has 0 unspecified atom stereocenters. The number of alkyl halides is 3. The lowest BCUT2D eigenvalue weighted by Crippen LogP contribution is -2.41. The number of nitrogens with one attached hydrogen (secondary N) is 1. The number of hydrogen-bond donors (Lipinski definition) is 4. The number of halogens is 3. The average Bonchev–Trinajstić information content (AvgIpc) is 2.41. The topological polar surface area (TPSA) is 130 Å². The predicted molar refractivity (Wildman–Crippen MR) is 71.6 cm³/mol. The molecular formula is C13H13F3N2O5. The highest BCUT2D eigenvalue weighted by Gasteiger charge is 2.36. The summed E-state index contributed by atoms with van der Waals surface area (Å²) in [6.45, 7) is 0. The van der Waals surface area contributed by atoms with Gasteiger partial charge < -0.3 is 21.3 Å². The van der Waals surface area contributed by atoms with E-state index in [0.29, 0.717) is 6.07 Å². The van der Waals surface area contributed by atoms with Gasteiger partial charge in [0.05, 0.1) is 11.1 Å². The Hall–Kier alpha value is -2.78. The van der Waals surface area contributed by atoms with Crippen molar-refractivity contribution in [3.05, 3.63) is 29.3 Å². The van der Waals surface area contributed by atoms with Gasteiger partial charge in [-0.15, -0.1) is 0 Å². The Balaban J connectivity index is 3.04. The predicted octanol–water partition coefficient (Wildman–Crippen LogP) is 1.34. The standard InChI is InChI=1S/C13H13F3N2O5/c14-13(15,16)8-5-6(17)1-2-7(8)11(21)18-9(12(22)23)3-4-10(19)20/h1-2,5,9H,3-4,17H2,(H,18,21)(H,19,20)(H,22,23)/t9-/m0/s1. The molecule has 0 saturated carbocycles. The molecule has 1 aromatic carbocycles. The van der Waals surface area contributed by atoms with Gasteiger partial charge in [-0.25, -0.2) is 4.79 Å². The van der Waals surface area contributed by atoms with Crippen molar-refractivity contribution in [1.29, 1.82) is 0 Å². The zero-order valence-electron chi connectivity index (χ0n) is 11.6. The Kier molecular flexibility index (Phi) is 5.55. The van der Waals surface area contributed by atoms with Gasteiger partial charge in [-0.1, -0.05) is 0 Å². The van der Waals surface area contributed by atoms with Crippen LogP contribution >= 0.6 is 0 Å². The van der Waals surface area contributed by atoms with Crippen molar-refractivity contribution in [3.63, 3.8) is 0 Å². The number of carboxylic acids is 2. The van der Waals surface area contributed by atoms with Gasteiger partial charge in [-0.3, -0.25) is 9.59 Å². The number of carbonyl (C=O) groups excluding carboxylic acids is 1. The summed E-state index contributed by atoms with van der Waals surface area (Å²) < 4.78 is 38.7. The highest BCUT2D eigenvalue weighted by molar-refractivity contribution is 5.98. The second-order valence-corrected chi connectivity index (χ2v) is 4.60. The molecule has 0 aliphatic rings. The molecule has 23 heavy (non-hydrogen) atoms. The van der Waals surface area contributed by atoms with Gasteiger partial charge in [0.2, 0.25) is 0 Å². The summed E-state index contributed by atoms with van der Waals surface area (Å²) in [7, 11) is 0. The molecule has 0 bridgehead atoms. The van der Waals surface area contributed by atoms with Crippen LogP contribution in [0, 0.1) is 0 Å². The third kappa shape index (κ3) is 5.16. The number of amides is 1. The number of nitrogen functional groups attached to an aromatic ring is 1. The van der Waals surface area contributed by atoms with E-state index in [4.69, 9.17) is 15.9 Å². The minimum absolute atomic E-state index is 0.213. The van der Waals surface area contributed by atoms with E-state index in [0.717, 1.165) is 12.1 Å². The van der Waals surface area contributed by atoms with E-state index in [-0.39, 0.29) is 5.69 Å². The van der Waals surface area contributed by atoms with Crippen LogP contribution in [0.1, 0.15) is 28.8 Å². The van der Waals surface area contributed by atoms with Crippen molar-refractivity contribution in [2.75, 3.05) is 5.73 Å². The highest BCUT2D eigenvalue weighted by atomic mass is 19.4. The summed E-state index contributed by atoms with van der Waals surface area (Å²) in [6, 6.07) is 0.820. The molecule has 1 atom stereocenters. The molecule has 1 amide bonds. The molecule has 0 radical (unpaired) electrons. The first-order valence-electron chi connectivity index (χ1n) is 6.24. The number of aliphatic carboxylic acids is 2. The first kappa shape index (κ1) is 18.3. The summed E-state index contributed by atoms with van der Waals surface area (Å²) in [4.78, 5) is 33.3. The quantitative estimate of drug-likeness (QED) is 0.581. The van der Waals surface area contributed by atoms with Crippen LogP contribution in [0.25, 0.3) is 0 Å². The van der Waals surface area contributed by atoms with E-state index >= 15 is 0 Å². The summed E-state index contributed by atoms with van der Waals surface area (Å²) >= 11 is 0. The number of carboxylic acid groups (broad SMARTS) is 2. The van der Waals surface area contributed by atoms with Gasteiger partial charge >= 0.3 is 18.1 Å². The number of benzene rings is 1. The van der Waals surface area contributed by atoms with Gasteiger partial charge in [0.1, 0.15) is 6.04 Å². The Morgan fingerprint density at radius 1 is 1.22 bits per heavy atom. The van der Waals surface area contributed by atoms with E-state index < -0.39 is 54.0 Å². The van der Waals surface area contributed by atoms with Gasteiger partial charge in [-0.05, 0) is 24.6 Å². The van der Waals surface area contributed by atoms with E-state index in [1.807, 2.05) is 5.32 Å². The second-order valence-electron chi connectivity index (χ2n) is 4.60. The van der Waals surface area contributed by atoms with Crippen LogP contribution in [0.4, 0.5) is 18.9 Å². The molecule has 0 aliphatic carbocycles. The first-order valence-corrected chi connectivity index (χ1v) is 6.24. The van der Waals surface area contributed by atoms with Crippen molar-refractivity contribution >= 4 is 23.5 Å². The van der Waals surface area contributed by atoms with Crippen LogP contribution in [-0.4, -0.2) is 34.1 Å². The van der Waals surface area contributed by atoms with Crippen molar-refractivity contribution in [1.82, 2.24) is 5.32 Å². The van der Waals surface area contributed by atoms with E-state index in [1.54, 1.807) is 0 Å². The third-order valence-corrected chi connectivity index (χ3v) is 2.84. The SMILES string of the molecule is Nc1ccc(C(=O)N[C@@H](CCC(=O)O)C(=O)O)c(C(F)(F)F)c1. The molecule has 1 rings (SSSR count). The Morgan fingerprint density at radius 3 is 2.30 bits per heavy atom. The van der Waals surface area contributed by atoms with Crippen LogP contribution in [0.15, 0.2) is 18.2 Å². The molecule has 0 saturated heterocycles. The average molecular weight is 334 g/mol. The number of nitrogens with two attached hydrogens (primary N) is 1. The Bertz CT molecular complexity index is 631. The van der Waals surface area contributed by atoms with Crippen molar-refractivity contribution in [2.24, 2.45) is 0 Å². The molecule has 5 N–H and O–H groups in total. The largest absolute Gasteiger partial charge is 0.481 e. The molecule has 7 nitrogen and oxygen atoms in total. The number of carbonyl (C=O) groups is 3. The molecule has 0 spiro atoms. The minimum Gasteiger partial charge on any atom is -0.481 e. The maximum absolute atomic E-state index is 12.9. The van der Waals surface area contributed by atoms with Crippen LogP contribution in [-0.2, 0) is 15.8 Å². The fraction of sp³-hybridized carbons (Fsp3) is 0.308. The lowest BCUT2D eigenvalue weighted by molar-refractivity contribution is -0.140. The van der Waals surface area contributed by atoms with Gasteiger partial charge in [0.15, 0.2) is 0 Å². The molecular weight excluding hydrogens is 321 g/mol. The normalized spacial score (nSPS) is 12.5. The Morgan fingerprint density at radius 2 is 1.83 bits per heavy atom. The zero-order chi connectivity index (χ0) is 17.8. The van der Waals surface area contributed by atoms with Crippen molar-refractivity contribution in [3.8, 4) is 0 Å².